The minimum absolute atomic E-state index is 0.489. The van der Waals surface area contributed by atoms with Crippen molar-refractivity contribution >= 4 is 34.1 Å². The molecule has 2 heterocycles. The molecule has 1 fully saturated rings. The molecule has 0 atom stereocenters. The second kappa shape index (κ2) is 7.41. The summed E-state index contributed by atoms with van der Waals surface area (Å²) in [7, 11) is 0. The number of aromatic nitrogens is 3. The highest BCUT2D eigenvalue weighted by molar-refractivity contribution is 7.80. The van der Waals surface area contributed by atoms with Crippen LogP contribution in [0.5, 0.6) is 0 Å². The normalized spacial score (nSPS) is 15.1. The number of thiocarbonyl (C=S) groups is 1. The van der Waals surface area contributed by atoms with Crippen LogP contribution >= 0.6 is 12.2 Å². The number of nitrogens with zero attached hydrogens (tertiary/aromatic N) is 3. The van der Waals surface area contributed by atoms with E-state index in [1.54, 1.807) is 0 Å². The number of aryl methyl sites for hydroxylation is 1. The predicted molar refractivity (Wildman–Crippen MR) is 110 cm³/mol. The van der Waals surface area contributed by atoms with Crippen LogP contribution in [0.2, 0.25) is 0 Å². The summed E-state index contributed by atoms with van der Waals surface area (Å²) in [5.41, 5.74) is 3.70. The topological polar surface area (TPSA) is 54.8 Å². The third-order valence-electron chi connectivity index (χ3n) is 4.91. The van der Waals surface area contributed by atoms with Crippen molar-refractivity contribution in [2.45, 2.75) is 45.1 Å². The predicted octanol–water partition coefficient (Wildman–Crippen LogP) is 4.35. The van der Waals surface area contributed by atoms with Gasteiger partial charge in [-0.3, -0.25) is 0 Å². The maximum Gasteiger partial charge on any atom is 0.171 e. The van der Waals surface area contributed by atoms with Crippen LogP contribution in [0, 0.1) is 6.92 Å². The number of hydrogen-bond acceptors (Lipinski definition) is 3. The molecule has 134 valence electrons. The van der Waals surface area contributed by atoms with Crippen molar-refractivity contribution in [3.8, 4) is 5.69 Å². The van der Waals surface area contributed by atoms with E-state index in [0.29, 0.717) is 11.2 Å². The van der Waals surface area contributed by atoms with Crippen molar-refractivity contribution < 1.29 is 0 Å². The maximum atomic E-state index is 5.48. The minimum Gasteiger partial charge on any atom is -0.360 e. The van der Waals surface area contributed by atoms with Crippen LogP contribution in [0.25, 0.3) is 16.7 Å². The molecule has 1 aliphatic carbocycles. The molecule has 0 bridgehead atoms. The highest BCUT2D eigenvalue weighted by Gasteiger charge is 2.15. The van der Waals surface area contributed by atoms with Gasteiger partial charge < -0.3 is 10.6 Å². The van der Waals surface area contributed by atoms with Gasteiger partial charge in [-0.1, -0.05) is 37.5 Å². The lowest BCUT2D eigenvalue weighted by atomic mass is 9.96. The van der Waals surface area contributed by atoms with Gasteiger partial charge in [0.1, 0.15) is 0 Å². The third kappa shape index (κ3) is 3.55. The summed E-state index contributed by atoms with van der Waals surface area (Å²) >= 11 is 5.48. The Balaban J connectivity index is 1.54. The molecule has 1 aliphatic rings. The molecule has 0 radical (unpaired) electrons. The van der Waals surface area contributed by atoms with Crippen LogP contribution in [0.4, 0.5) is 5.69 Å². The number of anilines is 1. The van der Waals surface area contributed by atoms with Crippen LogP contribution < -0.4 is 10.6 Å². The van der Waals surface area contributed by atoms with Gasteiger partial charge in [0.05, 0.1) is 23.3 Å². The van der Waals surface area contributed by atoms with Gasteiger partial charge in [-0.2, -0.15) is 5.10 Å². The first-order chi connectivity index (χ1) is 12.7. The van der Waals surface area contributed by atoms with E-state index in [-0.39, 0.29) is 0 Å². The fourth-order valence-electron chi connectivity index (χ4n) is 3.56. The Morgan fingerprint density at radius 2 is 1.92 bits per heavy atom. The average molecular weight is 366 g/mol. The fraction of sp³-hybridized carbons (Fsp3) is 0.350. The van der Waals surface area contributed by atoms with E-state index in [4.69, 9.17) is 12.2 Å². The SMILES string of the molecule is Cc1nn(-c2ccccc2)c2ncc(NC(=S)NC3CCCCC3)cc12. The van der Waals surface area contributed by atoms with E-state index in [9.17, 15) is 0 Å². The van der Waals surface area contributed by atoms with Crippen molar-refractivity contribution in [2.24, 2.45) is 0 Å². The van der Waals surface area contributed by atoms with E-state index < -0.39 is 0 Å². The zero-order valence-corrected chi connectivity index (χ0v) is 15.7. The molecule has 1 saturated carbocycles. The number of hydrogen-bond donors (Lipinski definition) is 2. The summed E-state index contributed by atoms with van der Waals surface area (Å²) in [4.78, 5) is 4.63. The molecule has 0 amide bonds. The second-order valence-electron chi connectivity index (χ2n) is 6.86. The fourth-order valence-corrected chi connectivity index (χ4v) is 3.85. The van der Waals surface area contributed by atoms with E-state index in [0.717, 1.165) is 28.1 Å². The van der Waals surface area contributed by atoms with Crippen molar-refractivity contribution in [3.05, 3.63) is 48.3 Å². The van der Waals surface area contributed by atoms with Gasteiger partial charge in [0.25, 0.3) is 0 Å². The molecule has 0 aliphatic heterocycles. The summed E-state index contributed by atoms with van der Waals surface area (Å²) in [6, 6.07) is 12.6. The first kappa shape index (κ1) is 17.0. The number of pyridine rings is 1. The van der Waals surface area contributed by atoms with Crippen molar-refractivity contribution in [1.82, 2.24) is 20.1 Å². The van der Waals surface area contributed by atoms with E-state index in [1.807, 2.05) is 48.1 Å². The molecule has 3 aromatic rings. The number of para-hydroxylation sites is 1. The molecule has 5 nitrogen and oxygen atoms in total. The van der Waals surface area contributed by atoms with Gasteiger partial charge in [-0.05, 0) is 50.2 Å². The lowest BCUT2D eigenvalue weighted by Gasteiger charge is -2.24. The highest BCUT2D eigenvalue weighted by atomic mass is 32.1. The molecule has 2 N–H and O–H groups in total. The van der Waals surface area contributed by atoms with Gasteiger partial charge in [-0.25, -0.2) is 9.67 Å². The molecule has 0 spiro atoms. The van der Waals surface area contributed by atoms with E-state index in [1.165, 1.54) is 32.1 Å². The van der Waals surface area contributed by atoms with Crippen LogP contribution in [-0.2, 0) is 0 Å². The van der Waals surface area contributed by atoms with Crippen molar-refractivity contribution in [3.63, 3.8) is 0 Å². The van der Waals surface area contributed by atoms with E-state index >= 15 is 0 Å². The minimum atomic E-state index is 0.489. The van der Waals surface area contributed by atoms with Gasteiger partial charge in [-0.15, -0.1) is 0 Å². The Kier molecular flexibility index (Phi) is 4.84. The van der Waals surface area contributed by atoms with Gasteiger partial charge in [0, 0.05) is 11.4 Å². The van der Waals surface area contributed by atoms with Crippen LogP contribution in [0.1, 0.15) is 37.8 Å². The van der Waals surface area contributed by atoms with Crippen LogP contribution in [0.3, 0.4) is 0 Å². The molecule has 4 rings (SSSR count). The smallest absolute Gasteiger partial charge is 0.171 e. The first-order valence-electron chi connectivity index (χ1n) is 9.19. The third-order valence-corrected chi connectivity index (χ3v) is 5.13. The molecular weight excluding hydrogens is 342 g/mol. The number of fused-ring (bicyclic) bond motifs is 1. The molecule has 26 heavy (non-hydrogen) atoms. The van der Waals surface area contributed by atoms with Crippen molar-refractivity contribution in [2.75, 3.05) is 5.32 Å². The molecule has 2 aromatic heterocycles. The van der Waals surface area contributed by atoms with Crippen LogP contribution in [-0.4, -0.2) is 25.9 Å². The summed E-state index contributed by atoms with van der Waals surface area (Å²) < 4.78 is 1.88. The molecular formula is C20H23N5S. The lowest BCUT2D eigenvalue weighted by Crippen LogP contribution is -2.38. The largest absolute Gasteiger partial charge is 0.360 e. The molecule has 1 aromatic carbocycles. The maximum absolute atomic E-state index is 5.48. The Labute approximate surface area is 158 Å². The van der Waals surface area contributed by atoms with Gasteiger partial charge in [0.2, 0.25) is 0 Å². The molecule has 0 saturated heterocycles. The Morgan fingerprint density at radius 1 is 1.15 bits per heavy atom. The van der Waals surface area contributed by atoms with Gasteiger partial charge in [0.15, 0.2) is 10.8 Å². The summed E-state index contributed by atoms with van der Waals surface area (Å²) in [6.07, 6.45) is 8.11. The quantitative estimate of drug-likeness (QED) is 0.676. The Morgan fingerprint density at radius 3 is 2.69 bits per heavy atom. The summed E-state index contributed by atoms with van der Waals surface area (Å²) in [5.74, 6) is 0. The Hall–Kier alpha value is -2.47. The van der Waals surface area contributed by atoms with Gasteiger partial charge >= 0.3 is 0 Å². The highest BCUT2D eigenvalue weighted by Crippen LogP contribution is 2.23. The molecule has 6 heteroatoms. The molecule has 0 unspecified atom stereocenters. The first-order valence-corrected chi connectivity index (χ1v) is 9.60. The Bertz CT molecular complexity index is 913. The monoisotopic (exact) mass is 365 g/mol. The zero-order chi connectivity index (χ0) is 17.9. The summed E-state index contributed by atoms with van der Waals surface area (Å²) in [6.45, 7) is 2.01. The van der Waals surface area contributed by atoms with Crippen LogP contribution in [0.15, 0.2) is 42.6 Å². The number of rotatable bonds is 3. The lowest BCUT2D eigenvalue weighted by molar-refractivity contribution is 0.415. The number of nitrogens with one attached hydrogen (secondary N) is 2. The van der Waals surface area contributed by atoms with E-state index in [2.05, 4.69) is 26.8 Å². The summed E-state index contributed by atoms with van der Waals surface area (Å²) in [5, 5.41) is 13.1. The zero-order valence-electron chi connectivity index (χ0n) is 14.9. The average Bonchev–Trinajstić information content (AvgIpc) is 2.99. The van der Waals surface area contributed by atoms with Crippen molar-refractivity contribution in [1.29, 1.82) is 0 Å². The standard InChI is InChI=1S/C20H23N5S/c1-14-18-12-16(23-20(26)22-15-8-4-2-5-9-15)13-21-19(18)25(24-14)17-10-6-3-7-11-17/h3,6-7,10-13,15H,2,4-5,8-9H2,1H3,(H2,22,23,26). The number of benzene rings is 1. The second-order valence-corrected chi connectivity index (χ2v) is 7.27.